The van der Waals surface area contributed by atoms with Crippen molar-refractivity contribution in [3.63, 3.8) is 0 Å². The number of hydrogen-bond donors (Lipinski definition) is 1. The Bertz CT molecular complexity index is 666. The molecule has 0 bridgehead atoms. The van der Waals surface area contributed by atoms with Gasteiger partial charge in [0.25, 0.3) is 0 Å². The molecule has 114 valence electrons. The minimum Gasteiger partial charge on any atom is -0.399 e. The molecule has 22 heavy (non-hydrogen) atoms. The average molecular weight is 295 g/mol. The molecule has 0 unspecified atom stereocenters. The van der Waals surface area contributed by atoms with E-state index in [9.17, 15) is 4.79 Å². The first-order chi connectivity index (χ1) is 10.6. The van der Waals surface area contributed by atoms with E-state index in [0.29, 0.717) is 6.42 Å². The van der Waals surface area contributed by atoms with Crippen LogP contribution in [0.15, 0.2) is 48.5 Å². The SMILES string of the molecule is CN1CCCN(C(=O)Cc2ccc(N)cc2)c2ccccc21. The van der Waals surface area contributed by atoms with Gasteiger partial charge in [0, 0.05) is 25.8 Å². The first-order valence-corrected chi connectivity index (χ1v) is 7.60. The van der Waals surface area contributed by atoms with E-state index in [-0.39, 0.29) is 5.91 Å². The van der Waals surface area contributed by atoms with Crippen molar-refractivity contribution < 1.29 is 4.79 Å². The fraction of sp³-hybridized carbons (Fsp3) is 0.278. The van der Waals surface area contributed by atoms with Crippen LogP contribution in [0.3, 0.4) is 0 Å². The first-order valence-electron chi connectivity index (χ1n) is 7.60. The van der Waals surface area contributed by atoms with E-state index >= 15 is 0 Å². The van der Waals surface area contributed by atoms with Crippen LogP contribution in [-0.2, 0) is 11.2 Å². The predicted octanol–water partition coefficient (Wildman–Crippen LogP) is 2.68. The lowest BCUT2D eigenvalue weighted by molar-refractivity contribution is -0.118. The van der Waals surface area contributed by atoms with Crippen LogP contribution in [-0.4, -0.2) is 26.0 Å². The van der Waals surface area contributed by atoms with Crippen molar-refractivity contribution in [3.8, 4) is 0 Å². The molecule has 0 radical (unpaired) electrons. The number of hydrogen-bond acceptors (Lipinski definition) is 3. The predicted molar refractivity (Wildman–Crippen MR) is 91.2 cm³/mol. The summed E-state index contributed by atoms with van der Waals surface area (Å²) in [7, 11) is 2.08. The number of amides is 1. The molecule has 0 saturated heterocycles. The molecule has 3 rings (SSSR count). The van der Waals surface area contributed by atoms with Gasteiger partial charge in [-0.25, -0.2) is 0 Å². The summed E-state index contributed by atoms with van der Waals surface area (Å²) in [6.07, 6.45) is 1.37. The highest BCUT2D eigenvalue weighted by Gasteiger charge is 2.22. The molecule has 4 nitrogen and oxygen atoms in total. The second-order valence-electron chi connectivity index (χ2n) is 5.73. The van der Waals surface area contributed by atoms with E-state index in [2.05, 4.69) is 18.0 Å². The lowest BCUT2D eigenvalue weighted by Gasteiger charge is -2.24. The maximum Gasteiger partial charge on any atom is 0.231 e. The number of carbonyl (C=O) groups excluding carboxylic acids is 1. The Morgan fingerprint density at radius 1 is 1.05 bits per heavy atom. The van der Waals surface area contributed by atoms with Crippen molar-refractivity contribution in [1.82, 2.24) is 0 Å². The van der Waals surface area contributed by atoms with Gasteiger partial charge < -0.3 is 15.5 Å². The van der Waals surface area contributed by atoms with Crippen molar-refractivity contribution in [2.75, 3.05) is 35.7 Å². The molecular formula is C18H21N3O. The van der Waals surface area contributed by atoms with Gasteiger partial charge in [0.05, 0.1) is 17.8 Å². The molecule has 1 amide bonds. The number of fused-ring (bicyclic) bond motifs is 1. The molecule has 2 aromatic carbocycles. The summed E-state index contributed by atoms with van der Waals surface area (Å²) in [4.78, 5) is 16.9. The van der Waals surface area contributed by atoms with Crippen molar-refractivity contribution >= 4 is 23.0 Å². The molecule has 0 aliphatic carbocycles. The number of carbonyl (C=O) groups is 1. The quantitative estimate of drug-likeness (QED) is 0.867. The highest BCUT2D eigenvalue weighted by atomic mass is 16.2. The van der Waals surface area contributed by atoms with Gasteiger partial charge in [-0.1, -0.05) is 24.3 Å². The van der Waals surface area contributed by atoms with Crippen LogP contribution in [0.5, 0.6) is 0 Å². The normalized spacial score (nSPS) is 14.4. The number of nitrogens with two attached hydrogens (primary N) is 1. The van der Waals surface area contributed by atoms with Crippen molar-refractivity contribution in [3.05, 3.63) is 54.1 Å². The van der Waals surface area contributed by atoms with Crippen LogP contribution in [0.1, 0.15) is 12.0 Å². The van der Waals surface area contributed by atoms with Crippen LogP contribution in [0.25, 0.3) is 0 Å². The number of para-hydroxylation sites is 2. The Balaban J connectivity index is 1.85. The van der Waals surface area contributed by atoms with Gasteiger partial charge in [0.1, 0.15) is 0 Å². The highest BCUT2D eigenvalue weighted by Crippen LogP contribution is 2.31. The van der Waals surface area contributed by atoms with Crippen LogP contribution in [0.2, 0.25) is 0 Å². The van der Waals surface area contributed by atoms with E-state index in [1.165, 1.54) is 0 Å². The van der Waals surface area contributed by atoms with Gasteiger partial charge in [-0.05, 0) is 36.2 Å². The minimum atomic E-state index is 0.132. The molecular weight excluding hydrogens is 274 g/mol. The smallest absolute Gasteiger partial charge is 0.231 e. The third-order valence-electron chi connectivity index (χ3n) is 4.10. The monoisotopic (exact) mass is 295 g/mol. The largest absolute Gasteiger partial charge is 0.399 e. The number of nitrogens with zero attached hydrogens (tertiary/aromatic N) is 2. The van der Waals surface area contributed by atoms with Crippen LogP contribution in [0, 0.1) is 0 Å². The van der Waals surface area contributed by atoms with Crippen molar-refractivity contribution in [2.24, 2.45) is 0 Å². The summed E-state index contributed by atoms with van der Waals surface area (Å²) in [5.41, 5.74) is 9.53. The Hall–Kier alpha value is -2.49. The van der Waals surface area contributed by atoms with Crippen molar-refractivity contribution in [1.29, 1.82) is 0 Å². The number of benzene rings is 2. The third kappa shape index (κ3) is 2.91. The Morgan fingerprint density at radius 2 is 1.73 bits per heavy atom. The molecule has 0 saturated carbocycles. The molecule has 1 aliphatic rings. The Morgan fingerprint density at radius 3 is 2.45 bits per heavy atom. The van der Waals surface area contributed by atoms with Gasteiger partial charge in [-0.2, -0.15) is 0 Å². The standard InChI is InChI=1S/C18H21N3O/c1-20-11-4-12-21(17-6-3-2-5-16(17)20)18(22)13-14-7-9-15(19)10-8-14/h2-3,5-10H,4,11-13,19H2,1H3. The summed E-state index contributed by atoms with van der Waals surface area (Å²) in [6.45, 7) is 1.72. The second kappa shape index (κ2) is 6.10. The van der Waals surface area contributed by atoms with E-state index in [0.717, 1.165) is 42.1 Å². The second-order valence-corrected chi connectivity index (χ2v) is 5.73. The molecule has 0 spiro atoms. The zero-order chi connectivity index (χ0) is 15.5. The molecule has 2 N–H and O–H groups in total. The average Bonchev–Trinajstić information content (AvgIpc) is 2.69. The van der Waals surface area contributed by atoms with Gasteiger partial charge in [0.2, 0.25) is 5.91 Å². The van der Waals surface area contributed by atoms with Gasteiger partial charge >= 0.3 is 0 Å². The number of anilines is 3. The molecule has 1 heterocycles. The topological polar surface area (TPSA) is 49.6 Å². The maximum absolute atomic E-state index is 12.8. The minimum absolute atomic E-state index is 0.132. The summed E-state index contributed by atoms with van der Waals surface area (Å²) in [5, 5.41) is 0. The Kier molecular flexibility index (Phi) is 4.00. The first kappa shape index (κ1) is 14.4. The number of rotatable bonds is 2. The summed E-state index contributed by atoms with van der Waals surface area (Å²) < 4.78 is 0. The molecule has 0 atom stereocenters. The third-order valence-corrected chi connectivity index (χ3v) is 4.10. The lowest BCUT2D eigenvalue weighted by atomic mass is 10.1. The van der Waals surface area contributed by atoms with Crippen LogP contribution < -0.4 is 15.5 Å². The van der Waals surface area contributed by atoms with Gasteiger partial charge in [-0.3, -0.25) is 4.79 Å². The van der Waals surface area contributed by atoms with E-state index in [1.54, 1.807) is 0 Å². The Labute approximate surface area is 131 Å². The number of nitrogen functional groups attached to an aromatic ring is 1. The van der Waals surface area contributed by atoms with E-state index in [1.807, 2.05) is 47.4 Å². The van der Waals surface area contributed by atoms with Crippen LogP contribution >= 0.6 is 0 Å². The fourth-order valence-corrected chi connectivity index (χ4v) is 2.89. The lowest BCUT2D eigenvalue weighted by Crippen LogP contribution is -2.32. The van der Waals surface area contributed by atoms with Gasteiger partial charge in [0.15, 0.2) is 0 Å². The maximum atomic E-state index is 12.8. The molecule has 4 heteroatoms. The van der Waals surface area contributed by atoms with E-state index in [4.69, 9.17) is 5.73 Å². The highest BCUT2D eigenvalue weighted by molar-refractivity contribution is 5.98. The molecule has 2 aromatic rings. The zero-order valence-corrected chi connectivity index (χ0v) is 12.8. The molecule has 0 aromatic heterocycles. The summed E-state index contributed by atoms with van der Waals surface area (Å²) >= 11 is 0. The fourth-order valence-electron chi connectivity index (χ4n) is 2.89. The summed E-state index contributed by atoms with van der Waals surface area (Å²) in [6, 6.07) is 15.6. The van der Waals surface area contributed by atoms with Crippen molar-refractivity contribution in [2.45, 2.75) is 12.8 Å². The zero-order valence-electron chi connectivity index (χ0n) is 12.8. The molecule has 0 fully saturated rings. The molecule has 1 aliphatic heterocycles. The van der Waals surface area contributed by atoms with Gasteiger partial charge in [-0.15, -0.1) is 0 Å². The van der Waals surface area contributed by atoms with Crippen LogP contribution in [0.4, 0.5) is 17.1 Å². The van der Waals surface area contributed by atoms with E-state index < -0.39 is 0 Å². The summed E-state index contributed by atoms with van der Waals surface area (Å²) in [5.74, 6) is 0.132.